The van der Waals surface area contributed by atoms with Crippen LogP contribution < -0.4 is 5.73 Å². The normalized spacial score (nSPS) is 26.8. The zero-order valence-electron chi connectivity index (χ0n) is 13.0. The first-order valence-electron chi connectivity index (χ1n) is 8.00. The maximum absolute atomic E-state index is 6.13. The van der Waals surface area contributed by atoms with Crippen LogP contribution in [0.4, 0.5) is 0 Å². The molecule has 1 aliphatic rings. The van der Waals surface area contributed by atoms with Gasteiger partial charge in [-0.3, -0.25) is 0 Å². The zero-order valence-corrected chi connectivity index (χ0v) is 13.0. The maximum atomic E-state index is 6.13. The summed E-state index contributed by atoms with van der Waals surface area (Å²) < 4.78 is 0. The molecule has 108 valence electrons. The smallest absolute Gasteiger partial charge is 0.00924 e. The second kappa shape index (κ2) is 8.16. The van der Waals surface area contributed by atoms with Crippen LogP contribution in [-0.2, 0) is 0 Å². The molecule has 1 rings (SSSR count). The first kappa shape index (κ1) is 16.0. The first-order valence-corrected chi connectivity index (χ1v) is 8.00. The molecule has 0 heterocycles. The molecule has 0 aliphatic heterocycles. The third-order valence-corrected chi connectivity index (χ3v) is 4.81. The molecule has 0 aromatic heterocycles. The van der Waals surface area contributed by atoms with Crippen molar-refractivity contribution in [3.8, 4) is 0 Å². The van der Waals surface area contributed by atoms with E-state index in [0.29, 0.717) is 12.0 Å². The molecule has 2 N–H and O–H groups in total. The van der Waals surface area contributed by atoms with Crippen molar-refractivity contribution in [2.24, 2.45) is 17.6 Å². The Kier molecular flexibility index (Phi) is 7.25. The van der Waals surface area contributed by atoms with Gasteiger partial charge in [0.1, 0.15) is 0 Å². The van der Waals surface area contributed by atoms with Gasteiger partial charge in [0.05, 0.1) is 0 Å². The molecule has 2 nitrogen and oxygen atoms in total. The predicted octanol–water partition coefficient (Wildman–Crippen LogP) is 3.65. The van der Waals surface area contributed by atoms with Crippen LogP contribution in [-0.4, -0.2) is 30.6 Å². The largest absolute Gasteiger partial charge is 0.327 e. The average Bonchev–Trinajstić information content (AvgIpc) is 2.36. The van der Waals surface area contributed by atoms with Gasteiger partial charge in [0, 0.05) is 12.1 Å². The number of hydrogen-bond acceptors (Lipinski definition) is 2. The molecule has 1 fully saturated rings. The highest BCUT2D eigenvalue weighted by molar-refractivity contribution is 4.79. The molecule has 0 radical (unpaired) electrons. The molecule has 0 bridgehead atoms. The highest BCUT2D eigenvalue weighted by atomic mass is 15.1. The van der Waals surface area contributed by atoms with Crippen molar-refractivity contribution in [3.63, 3.8) is 0 Å². The second-order valence-electron chi connectivity index (χ2n) is 6.64. The van der Waals surface area contributed by atoms with Gasteiger partial charge in [-0.15, -0.1) is 0 Å². The summed E-state index contributed by atoms with van der Waals surface area (Å²) in [5.41, 5.74) is 6.13. The molecule has 1 aliphatic carbocycles. The third kappa shape index (κ3) is 5.27. The second-order valence-corrected chi connectivity index (χ2v) is 6.64. The molecule has 1 unspecified atom stereocenters. The number of hydrogen-bond donors (Lipinski definition) is 1. The van der Waals surface area contributed by atoms with Crippen LogP contribution in [0, 0.1) is 11.8 Å². The lowest BCUT2D eigenvalue weighted by Gasteiger charge is -2.35. The van der Waals surface area contributed by atoms with Crippen LogP contribution in [0.25, 0.3) is 0 Å². The maximum Gasteiger partial charge on any atom is 0.00924 e. The van der Waals surface area contributed by atoms with Crippen LogP contribution in [0.1, 0.15) is 65.7 Å². The van der Waals surface area contributed by atoms with E-state index in [1.54, 1.807) is 0 Å². The lowest BCUT2D eigenvalue weighted by molar-refractivity contribution is 0.155. The summed E-state index contributed by atoms with van der Waals surface area (Å²) >= 11 is 0. The van der Waals surface area contributed by atoms with Crippen molar-refractivity contribution < 1.29 is 0 Å². The predicted molar refractivity (Wildman–Crippen MR) is 80.7 cm³/mol. The van der Waals surface area contributed by atoms with E-state index < -0.39 is 0 Å². The minimum atomic E-state index is 0.365. The van der Waals surface area contributed by atoms with E-state index in [1.807, 2.05) is 0 Å². The summed E-state index contributed by atoms with van der Waals surface area (Å²) in [5.74, 6) is 1.62. The minimum absolute atomic E-state index is 0.365. The molecular weight excluding hydrogens is 220 g/mol. The van der Waals surface area contributed by atoms with E-state index >= 15 is 0 Å². The Hall–Kier alpha value is -0.0800. The Morgan fingerprint density at radius 2 is 1.78 bits per heavy atom. The van der Waals surface area contributed by atoms with Crippen molar-refractivity contribution in [2.45, 2.75) is 77.8 Å². The molecule has 0 spiro atoms. The summed E-state index contributed by atoms with van der Waals surface area (Å²) in [6.07, 6.45) is 9.63. The summed E-state index contributed by atoms with van der Waals surface area (Å²) in [6, 6.07) is 1.18. The van der Waals surface area contributed by atoms with Crippen molar-refractivity contribution in [1.82, 2.24) is 4.90 Å². The molecule has 18 heavy (non-hydrogen) atoms. The molecular formula is C16H34N2. The molecule has 0 saturated heterocycles. The van der Waals surface area contributed by atoms with Gasteiger partial charge in [-0.1, -0.05) is 33.6 Å². The summed E-state index contributed by atoms with van der Waals surface area (Å²) in [7, 11) is 2.29. The van der Waals surface area contributed by atoms with E-state index in [1.165, 1.54) is 45.1 Å². The van der Waals surface area contributed by atoms with Crippen molar-refractivity contribution in [2.75, 3.05) is 13.6 Å². The average molecular weight is 254 g/mol. The Morgan fingerprint density at radius 1 is 1.17 bits per heavy atom. The molecule has 1 atom stereocenters. The van der Waals surface area contributed by atoms with Gasteiger partial charge in [-0.05, 0) is 57.5 Å². The van der Waals surface area contributed by atoms with Gasteiger partial charge in [-0.2, -0.15) is 0 Å². The van der Waals surface area contributed by atoms with Crippen LogP contribution in [0.2, 0.25) is 0 Å². The zero-order chi connectivity index (χ0) is 13.5. The third-order valence-electron chi connectivity index (χ3n) is 4.81. The van der Waals surface area contributed by atoms with E-state index in [-0.39, 0.29) is 0 Å². The van der Waals surface area contributed by atoms with E-state index in [4.69, 9.17) is 5.73 Å². The summed E-state index contributed by atoms with van der Waals surface area (Å²) in [4.78, 5) is 2.56. The lowest BCUT2D eigenvalue weighted by Crippen LogP contribution is -2.39. The van der Waals surface area contributed by atoms with Crippen LogP contribution in [0.5, 0.6) is 0 Å². The Bertz CT molecular complexity index is 207. The monoisotopic (exact) mass is 254 g/mol. The topological polar surface area (TPSA) is 29.3 Å². The highest BCUT2D eigenvalue weighted by Gasteiger charge is 2.23. The molecule has 0 aromatic carbocycles. The van der Waals surface area contributed by atoms with E-state index in [2.05, 4.69) is 32.7 Å². The van der Waals surface area contributed by atoms with Crippen LogP contribution in [0.15, 0.2) is 0 Å². The summed E-state index contributed by atoms with van der Waals surface area (Å²) in [6.45, 7) is 7.93. The first-order chi connectivity index (χ1) is 8.54. The van der Waals surface area contributed by atoms with Crippen molar-refractivity contribution in [1.29, 1.82) is 0 Å². The van der Waals surface area contributed by atoms with Crippen molar-refractivity contribution >= 4 is 0 Å². The Morgan fingerprint density at radius 3 is 2.28 bits per heavy atom. The number of nitrogens with two attached hydrogens (primary N) is 1. The van der Waals surface area contributed by atoms with E-state index in [9.17, 15) is 0 Å². The fraction of sp³-hybridized carbons (Fsp3) is 1.00. The molecule has 0 amide bonds. The van der Waals surface area contributed by atoms with Gasteiger partial charge < -0.3 is 10.6 Å². The Labute approximate surface area is 114 Å². The standard InChI is InChI=1S/C16H34N2/c1-5-6-14-7-9-15(10-8-14)18(4)12-11-16(17)13(2)3/h13-16H,5-12,17H2,1-4H3. The highest BCUT2D eigenvalue weighted by Crippen LogP contribution is 2.30. The minimum Gasteiger partial charge on any atom is -0.327 e. The fourth-order valence-corrected chi connectivity index (χ4v) is 3.15. The van der Waals surface area contributed by atoms with Gasteiger partial charge >= 0.3 is 0 Å². The SMILES string of the molecule is CCCC1CCC(N(C)CCC(N)C(C)C)CC1. The fourth-order valence-electron chi connectivity index (χ4n) is 3.15. The van der Waals surface area contributed by atoms with Gasteiger partial charge in [0.25, 0.3) is 0 Å². The van der Waals surface area contributed by atoms with E-state index in [0.717, 1.165) is 18.4 Å². The van der Waals surface area contributed by atoms with Gasteiger partial charge in [-0.25, -0.2) is 0 Å². The number of nitrogens with zero attached hydrogens (tertiary/aromatic N) is 1. The molecule has 2 heteroatoms. The van der Waals surface area contributed by atoms with Gasteiger partial charge in [0.15, 0.2) is 0 Å². The van der Waals surface area contributed by atoms with Crippen LogP contribution >= 0.6 is 0 Å². The molecule has 1 saturated carbocycles. The van der Waals surface area contributed by atoms with Gasteiger partial charge in [0.2, 0.25) is 0 Å². The quantitative estimate of drug-likeness (QED) is 0.751. The lowest BCUT2D eigenvalue weighted by atomic mass is 9.83. The molecule has 0 aromatic rings. The summed E-state index contributed by atoms with van der Waals surface area (Å²) in [5, 5.41) is 0. The Balaban J connectivity index is 2.21. The van der Waals surface area contributed by atoms with Crippen LogP contribution in [0.3, 0.4) is 0 Å². The number of rotatable bonds is 7. The van der Waals surface area contributed by atoms with Crippen molar-refractivity contribution in [3.05, 3.63) is 0 Å².